The summed E-state index contributed by atoms with van der Waals surface area (Å²) in [5, 5.41) is 5.99. The first-order valence-corrected chi connectivity index (χ1v) is 16.0. The summed E-state index contributed by atoms with van der Waals surface area (Å²) in [5.74, 6) is -3.73. The van der Waals surface area contributed by atoms with Crippen LogP contribution in [0.1, 0.15) is 42.0 Å². The molecule has 0 radical (unpaired) electrons. The molecule has 5 rings (SSSR count). The van der Waals surface area contributed by atoms with Gasteiger partial charge in [-0.05, 0) is 71.6 Å². The molecule has 0 bridgehead atoms. The number of nitrogens with one attached hydrogen (secondary N) is 3. The van der Waals surface area contributed by atoms with Gasteiger partial charge in [0.2, 0.25) is 11.8 Å². The summed E-state index contributed by atoms with van der Waals surface area (Å²) in [6.07, 6.45) is -5.10. The molecule has 0 unspecified atom stereocenters. The highest BCUT2D eigenvalue weighted by molar-refractivity contribution is 5.97. The van der Waals surface area contributed by atoms with Crippen molar-refractivity contribution in [2.24, 2.45) is 5.73 Å². The molecule has 1 heterocycles. The minimum absolute atomic E-state index is 0.0209. The van der Waals surface area contributed by atoms with Crippen molar-refractivity contribution in [1.82, 2.24) is 10.8 Å². The van der Waals surface area contributed by atoms with E-state index in [2.05, 4.69) is 39.7 Å². The molecule has 4 aromatic carbocycles. The Morgan fingerprint density at radius 2 is 1.57 bits per heavy atom. The quantitative estimate of drug-likeness (QED) is 0.154. The van der Waals surface area contributed by atoms with E-state index in [1.807, 2.05) is 6.07 Å². The summed E-state index contributed by atoms with van der Waals surface area (Å²) in [6, 6.07) is 29.1. The molecule has 11 nitrogen and oxygen atoms in total. The fourth-order valence-corrected chi connectivity index (χ4v) is 5.00. The number of ether oxygens (including phenoxy) is 1. The zero-order valence-electron chi connectivity index (χ0n) is 27.8. The van der Waals surface area contributed by atoms with Crippen LogP contribution >= 0.6 is 0 Å². The molecule has 0 saturated heterocycles. The number of rotatable bonds is 10. The summed E-state index contributed by atoms with van der Waals surface area (Å²) in [6.45, 7) is 3.87. The minimum atomic E-state index is -5.29. The number of hydrogen-bond acceptors (Lipinski definition) is 8. The molecule has 51 heavy (non-hydrogen) atoms. The maximum atomic E-state index is 13.4. The van der Waals surface area contributed by atoms with Gasteiger partial charge >= 0.3 is 12.1 Å². The van der Waals surface area contributed by atoms with Crippen LogP contribution in [0.25, 0.3) is 0 Å². The Labute approximate surface area is 292 Å². The Bertz CT molecular complexity index is 1790. The number of amides is 3. The average molecular weight is 706 g/mol. The third kappa shape index (κ3) is 12.0. The normalized spacial score (nSPS) is 11.9. The lowest BCUT2D eigenvalue weighted by molar-refractivity contribution is -0.207. The van der Waals surface area contributed by atoms with Crippen LogP contribution in [-0.4, -0.2) is 36.4 Å². The molecular formula is C37H38F3N5O6. The number of nitrogens with zero attached hydrogens (tertiary/aromatic N) is 1. The van der Waals surface area contributed by atoms with Crippen molar-refractivity contribution in [1.29, 1.82) is 0 Å². The van der Waals surface area contributed by atoms with Crippen molar-refractivity contribution < 1.29 is 41.9 Å². The van der Waals surface area contributed by atoms with Gasteiger partial charge in [0.15, 0.2) is 5.75 Å². The van der Waals surface area contributed by atoms with E-state index >= 15 is 0 Å². The number of fused-ring (bicyclic) bond motifs is 1. The molecular weight excluding hydrogens is 667 g/mol. The van der Waals surface area contributed by atoms with E-state index in [0.29, 0.717) is 28.4 Å². The van der Waals surface area contributed by atoms with E-state index in [9.17, 15) is 32.3 Å². The zero-order valence-corrected chi connectivity index (χ0v) is 27.8. The van der Waals surface area contributed by atoms with Gasteiger partial charge in [-0.25, -0.2) is 4.79 Å². The SMILES string of the molecule is CC(=O)Nc1ccc(CN(C(=O)CCC(=O)NOC(=O)C(F)(F)F)c2ccccc2Oc2cccc(CN)c2)cc1.c1ccc2c(c1)CCNC2. The van der Waals surface area contributed by atoms with Gasteiger partial charge in [-0.3, -0.25) is 14.4 Å². The first-order chi connectivity index (χ1) is 24.4. The summed E-state index contributed by atoms with van der Waals surface area (Å²) < 4.78 is 43.0. The van der Waals surface area contributed by atoms with E-state index in [0.717, 1.165) is 18.7 Å². The Morgan fingerprint density at radius 3 is 2.25 bits per heavy atom. The lowest BCUT2D eigenvalue weighted by Gasteiger charge is -2.25. The second kappa shape index (κ2) is 18.3. The first kappa shape index (κ1) is 38.1. The number of nitrogens with two attached hydrogens (primary N) is 1. The van der Waals surface area contributed by atoms with Crippen LogP contribution < -0.4 is 31.5 Å². The van der Waals surface area contributed by atoms with Crippen LogP contribution in [0.2, 0.25) is 0 Å². The molecule has 0 saturated carbocycles. The van der Waals surface area contributed by atoms with Gasteiger partial charge in [-0.15, -0.1) is 0 Å². The number of benzene rings is 4. The van der Waals surface area contributed by atoms with E-state index in [1.54, 1.807) is 66.7 Å². The number of hydrogen-bond donors (Lipinski definition) is 4. The van der Waals surface area contributed by atoms with Crippen LogP contribution in [0, 0.1) is 0 Å². The van der Waals surface area contributed by atoms with E-state index < -0.39 is 36.8 Å². The topological polar surface area (TPSA) is 152 Å². The number of carbonyl (C=O) groups is 4. The van der Waals surface area contributed by atoms with Gasteiger partial charge in [-0.1, -0.05) is 60.7 Å². The molecule has 0 atom stereocenters. The van der Waals surface area contributed by atoms with Crippen LogP contribution in [0.4, 0.5) is 24.5 Å². The third-order valence-electron chi connectivity index (χ3n) is 7.49. The number of halogens is 3. The smallest absolute Gasteiger partial charge is 0.455 e. The number of anilines is 2. The molecule has 0 aliphatic carbocycles. The molecule has 3 amide bonds. The Hall–Kier alpha value is -5.73. The highest BCUT2D eigenvalue weighted by Crippen LogP contribution is 2.34. The standard InChI is InChI=1S/C28H27F3N4O6.C9H11N/c1-18(36)33-21-11-9-19(10-12-21)17-35(26(38)14-13-25(37)34-41-27(39)28(29,30)31)23-7-2-3-8-24(23)40-22-6-4-5-20(15-22)16-32;1-2-4-9-7-10-6-5-8(9)3-1/h2-12,15H,13-14,16-17,32H2,1H3,(H,33,36)(H,34,37);1-4,10H,5-7H2. The van der Waals surface area contributed by atoms with E-state index in [-0.39, 0.29) is 19.0 Å². The average Bonchev–Trinajstić information content (AvgIpc) is 3.12. The molecule has 268 valence electrons. The third-order valence-corrected chi connectivity index (χ3v) is 7.49. The van der Waals surface area contributed by atoms with Gasteiger partial charge < -0.3 is 30.8 Å². The predicted octanol–water partition coefficient (Wildman–Crippen LogP) is 5.68. The fourth-order valence-electron chi connectivity index (χ4n) is 5.00. The summed E-state index contributed by atoms with van der Waals surface area (Å²) in [4.78, 5) is 52.7. The van der Waals surface area contributed by atoms with Crippen molar-refractivity contribution in [3.8, 4) is 11.5 Å². The molecule has 1 aliphatic heterocycles. The molecule has 0 spiro atoms. The maximum absolute atomic E-state index is 13.4. The molecule has 0 fully saturated rings. The Kier molecular flexibility index (Phi) is 13.7. The zero-order chi connectivity index (χ0) is 36.8. The van der Waals surface area contributed by atoms with Crippen molar-refractivity contribution in [3.05, 3.63) is 119 Å². The monoisotopic (exact) mass is 705 g/mol. The van der Waals surface area contributed by atoms with Gasteiger partial charge in [0.1, 0.15) is 5.75 Å². The molecule has 5 N–H and O–H groups in total. The van der Waals surface area contributed by atoms with Crippen LogP contribution in [0.15, 0.2) is 97.1 Å². The van der Waals surface area contributed by atoms with Crippen LogP contribution in [-0.2, 0) is 50.1 Å². The largest absolute Gasteiger partial charge is 0.493 e. The summed E-state index contributed by atoms with van der Waals surface area (Å²) in [7, 11) is 0. The van der Waals surface area contributed by atoms with Gasteiger partial charge in [0.05, 0.1) is 12.2 Å². The second-order valence-corrected chi connectivity index (χ2v) is 11.4. The molecule has 4 aromatic rings. The fraction of sp³-hybridized carbons (Fsp3) is 0.243. The first-order valence-electron chi connectivity index (χ1n) is 16.0. The second-order valence-electron chi connectivity index (χ2n) is 11.4. The number of carbonyl (C=O) groups excluding carboxylic acids is 4. The number of para-hydroxylation sites is 2. The predicted molar refractivity (Wildman–Crippen MR) is 184 cm³/mol. The maximum Gasteiger partial charge on any atom is 0.493 e. The lowest BCUT2D eigenvalue weighted by Crippen LogP contribution is -2.36. The number of hydroxylamine groups is 1. The van der Waals surface area contributed by atoms with Gasteiger partial charge in [0, 0.05) is 38.5 Å². The van der Waals surface area contributed by atoms with E-state index in [1.165, 1.54) is 34.9 Å². The molecule has 1 aliphatic rings. The highest BCUT2D eigenvalue weighted by atomic mass is 19.4. The van der Waals surface area contributed by atoms with Crippen LogP contribution in [0.3, 0.4) is 0 Å². The molecule has 14 heteroatoms. The number of alkyl halides is 3. The highest BCUT2D eigenvalue weighted by Gasteiger charge is 2.42. The van der Waals surface area contributed by atoms with Gasteiger partial charge in [-0.2, -0.15) is 18.7 Å². The Morgan fingerprint density at radius 1 is 0.863 bits per heavy atom. The van der Waals surface area contributed by atoms with Gasteiger partial charge in [0.25, 0.3) is 5.91 Å². The Balaban J connectivity index is 0.000000493. The molecule has 0 aromatic heterocycles. The van der Waals surface area contributed by atoms with Crippen LogP contribution in [0.5, 0.6) is 11.5 Å². The van der Waals surface area contributed by atoms with Crippen molar-refractivity contribution >= 4 is 35.1 Å². The summed E-state index contributed by atoms with van der Waals surface area (Å²) >= 11 is 0. The minimum Gasteiger partial charge on any atom is -0.455 e. The van der Waals surface area contributed by atoms with Crippen molar-refractivity contribution in [2.45, 2.75) is 52.0 Å². The van der Waals surface area contributed by atoms with Crippen molar-refractivity contribution in [2.75, 3.05) is 16.8 Å². The van der Waals surface area contributed by atoms with Crippen molar-refractivity contribution in [3.63, 3.8) is 0 Å². The van der Waals surface area contributed by atoms with E-state index in [4.69, 9.17) is 10.5 Å². The summed E-state index contributed by atoms with van der Waals surface area (Å²) in [5.41, 5.74) is 12.5. The lowest BCUT2D eigenvalue weighted by atomic mass is 10.0.